The molecule has 1 aromatic rings. The quantitative estimate of drug-likeness (QED) is 0.729. The number of carbonyl (C=O) groups excluding carboxylic acids is 2. The monoisotopic (exact) mass is 391 g/mol. The Balaban J connectivity index is 1.70. The molecule has 0 bridgehead atoms. The van der Waals surface area contributed by atoms with Gasteiger partial charge in [-0.1, -0.05) is 6.07 Å². The average molecular weight is 391 g/mol. The first kappa shape index (κ1) is 20.4. The molecule has 1 atom stereocenters. The zero-order chi connectivity index (χ0) is 20.1. The molecular weight excluding hydrogens is 362 g/mol. The summed E-state index contributed by atoms with van der Waals surface area (Å²) in [7, 11) is 3.21. The van der Waals surface area contributed by atoms with E-state index in [9.17, 15) is 14.7 Å². The van der Waals surface area contributed by atoms with Crippen molar-refractivity contribution in [2.24, 2.45) is 0 Å². The van der Waals surface area contributed by atoms with Crippen LogP contribution < -0.4 is 14.8 Å². The van der Waals surface area contributed by atoms with E-state index in [1.165, 1.54) is 0 Å². The van der Waals surface area contributed by atoms with E-state index in [1.807, 2.05) is 23.1 Å². The van der Waals surface area contributed by atoms with Crippen LogP contribution in [0.3, 0.4) is 0 Å². The number of ether oxygens (including phenoxy) is 2. The number of aliphatic hydroxyl groups excluding tert-OH is 1. The highest BCUT2D eigenvalue weighted by atomic mass is 16.5. The van der Waals surface area contributed by atoms with E-state index in [0.717, 1.165) is 5.56 Å². The molecule has 2 N–H and O–H groups in total. The summed E-state index contributed by atoms with van der Waals surface area (Å²) >= 11 is 0. The summed E-state index contributed by atoms with van der Waals surface area (Å²) in [4.78, 5) is 29.0. The zero-order valence-corrected chi connectivity index (χ0v) is 16.5. The Hall–Kier alpha value is -2.32. The summed E-state index contributed by atoms with van der Waals surface area (Å²) in [6.07, 6.45) is 0.992. The lowest BCUT2D eigenvalue weighted by Gasteiger charge is -2.37. The van der Waals surface area contributed by atoms with Gasteiger partial charge < -0.3 is 24.8 Å². The summed E-state index contributed by atoms with van der Waals surface area (Å²) in [5.41, 5.74) is 0.941. The number of aliphatic hydroxyl groups is 1. The van der Waals surface area contributed by atoms with Crippen molar-refractivity contribution in [2.75, 3.05) is 40.4 Å². The van der Waals surface area contributed by atoms with E-state index in [-0.39, 0.29) is 24.3 Å². The molecule has 2 heterocycles. The van der Waals surface area contributed by atoms with Crippen molar-refractivity contribution in [1.29, 1.82) is 0 Å². The maximum absolute atomic E-state index is 12.7. The molecule has 1 aromatic carbocycles. The molecule has 2 fully saturated rings. The molecule has 3 rings (SSSR count). The van der Waals surface area contributed by atoms with Crippen molar-refractivity contribution >= 4 is 11.8 Å². The molecule has 0 saturated carbocycles. The average Bonchev–Trinajstić information content (AvgIpc) is 2.71. The highest BCUT2D eigenvalue weighted by Gasteiger charge is 2.34. The predicted molar refractivity (Wildman–Crippen MR) is 103 cm³/mol. The molecule has 8 nitrogen and oxygen atoms in total. The van der Waals surface area contributed by atoms with Gasteiger partial charge in [-0.3, -0.25) is 14.5 Å². The van der Waals surface area contributed by atoms with E-state index in [1.54, 1.807) is 19.1 Å². The van der Waals surface area contributed by atoms with Crippen LogP contribution in [0.5, 0.6) is 11.5 Å². The van der Waals surface area contributed by atoms with Crippen molar-refractivity contribution < 1.29 is 24.2 Å². The molecule has 0 spiro atoms. The van der Waals surface area contributed by atoms with Gasteiger partial charge >= 0.3 is 0 Å². The number of likely N-dealkylation sites (tertiary alicyclic amines) is 1. The van der Waals surface area contributed by atoms with Crippen LogP contribution >= 0.6 is 0 Å². The molecule has 0 aliphatic carbocycles. The molecule has 8 heteroatoms. The first-order chi connectivity index (χ1) is 13.5. The fraction of sp³-hybridized carbons (Fsp3) is 0.600. The second-order valence-corrected chi connectivity index (χ2v) is 7.27. The molecule has 2 saturated heterocycles. The predicted octanol–water partition coefficient (Wildman–Crippen LogP) is 0.378. The van der Waals surface area contributed by atoms with E-state index in [4.69, 9.17) is 9.47 Å². The summed E-state index contributed by atoms with van der Waals surface area (Å²) in [5, 5.41) is 12.5. The molecule has 154 valence electrons. The molecule has 2 aliphatic rings. The minimum absolute atomic E-state index is 0.0411. The number of methoxy groups -OCH3 is 2. The normalized spacial score (nSPS) is 21.3. The van der Waals surface area contributed by atoms with E-state index in [2.05, 4.69) is 5.32 Å². The standard InChI is InChI=1S/C20H29N3O5/c1-27-16-4-3-14(18(11-16)28-2)13-23-10-7-21-20(26)17(23)12-19(25)22-8-5-15(24)6-9-22/h3-4,11,15,17,24H,5-10,12-13H2,1-2H3,(H,21,26)/t17-/m0/s1. The van der Waals surface area contributed by atoms with Crippen molar-refractivity contribution in [2.45, 2.75) is 38.0 Å². The van der Waals surface area contributed by atoms with Gasteiger partial charge in [0.1, 0.15) is 11.5 Å². The van der Waals surface area contributed by atoms with Gasteiger partial charge in [-0.25, -0.2) is 0 Å². The largest absolute Gasteiger partial charge is 0.497 e. The summed E-state index contributed by atoms with van der Waals surface area (Å²) in [6, 6.07) is 5.09. The van der Waals surface area contributed by atoms with Gasteiger partial charge in [0, 0.05) is 44.4 Å². The van der Waals surface area contributed by atoms with Crippen LogP contribution in [0.1, 0.15) is 24.8 Å². The van der Waals surface area contributed by atoms with Crippen LogP contribution in [0.4, 0.5) is 0 Å². The Morgan fingerprint density at radius 2 is 1.96 bits per heavy atom. The van der Waals surface area contributed by atoms with Crippen LogP contribution in [0.15, 0.2) is 18.2 Å². The van der Waals surface area contributed by atoms with Gasteiger partial charge in [-0.2, -0.15) is 0 Å². The third-order valence-corrected chi connectivity index (χ3v) is 5.49. The fourth-order valence-corrected chi connectivity index (χ4v) is 3.78. The minimum Gasteiger partial charge on any atom is -0.497 e. The Morgan fingerprint density at radius 3 is 2.64 bits per heavy atom. The zero-order valence-electron chi connectivity index (χ0n) is 16.5. The molecule has 28 heavy (non-hydrogen) atoms. The maximum Gasteiger partial charge on any atom is 0.237 e. The highest BCUT2D eigenvalue weighted by Crippen LogP contribution is 2.27. The first-order valence-electron chi connectivity index (χ1n) is 9.70. The topological polar surface area (TPSA) is 91.3 Å². The van der Waals surface area contributed by atoms with Gasteiger partial charge in [-0.05, 0) is 18.9 Å². The van der Waals surface area contributed by atoms with E-state index >= 15 is 0 Å². The lowest BCUT2D eigenvalue weighted by Crippen LogP contribution is -2.56. The lowest BCUT2D eigenvalue weighted by molar-refractivity contribution is -0.140. The molecule has 2 aliphatic heterocycles. The van der Waals surface area contributed by atoms with Gasteiger partial charge in [-0.15, -0.1) is 0 Å². The number of nitrogens with one attached hydrogen (secondary N) is 1. The molecule has 0 aromatic heterocycles. The van der Waals surface area contributed by atoms with Gasteiger partial charge in [0.15, 0.2) is 0 Å². The summed E-state index contributed by atoms with van der Waals surface area (Å²) in [5.74, 6) is 1.24. The Labute approximate surface area is 165 Å². The maximum atomic E-state index is 12.7. The third kappa shape index (κ3) is 4.74. The van der Waals surface area contributed by atoms with Gasteiger partial charge in [0.25, 0.3) is 0 Å². The number of benzene rings is 1. The van der Waals surface area contributed by atoms with Crippen LogP contribution in [-0.2, 0) is 16.1 Å². The minimum atomic E-state index is -0.514. The summed E-state index contributed by atoms with van der Waals surface area (Å²) < 4.78 is 10.7. The number of piperazine rings is 1. The van der Waals surface area contributed by atoms with E-state index in [0.29, 0.717) is 57.1 Å². The van der Waals surface area contributed by atoms with Crippen molar-refractivity contribution in [3.8, 4) is 11.5 Å². The van der Waals surface area contributed by atoms with Crippen molar-refractivity contribution in [1.82, 2.24) is 15.1 Å². The highest BCUT2D eigenvalue weighted by molar-refractivity contribution is 5.88. The number of piperidine rings is 1. The number of rotatable bonds is 6. The van der Waals surface area contributed by atoms with Gasteiger partial charge in [0.05, 0.1) is 32.8 Å². The van der Waals surface area contributed by atoms with Crippen molar-refractivity contribution in [3.63, 3.8) is 0 Å². The van der Waals surface area contributed by atoms with Crippen LogP contribution in [0.25, 0.3) is 0 Å². The Bertz CT molecular complexity index is 703. The smallest absolute Gasteiger partial charge is 0.237 e. The summed E-state index contributed by atoms with van der Waals surface area (Å²) in [6.45, 7) is 2.81. The molecule has 0 radical (unpaired) electrons. The Morgan fingerprint density at radius 1 is 1.21 bits per heavy atom. The first-order valence-corrected chi connectivity index (χ1v) is 9.70. The number of hydrogen-bond donors (Lipinski definition) is 2. The van der Waals surface area contributed by atoms with Gasteiger partial charge in [0.2, 0.25) is 11.8 Å². The molecule has 2 amide bonds. The van der Waals surface area contributed by atoms with Crippen molar-refractivity contribution in [3.05, 3.63) is 23.8 Å². The number of amides is 2. The van der Waals surface area contributed by atoms with Crippen LogP contribution in [0, 0.1) is 0 Å². The second-order valence-electron chi connectivity index (χ2n) is 7.27. The lowest BCUT2D eigenvalue weighted by atomic mass is 10.0. The number of nitrogens with zero attached hydrogens (tertiary/aromatic N) is 2. The SMILES string of the molecule is COc1ccc(CN2CCNC(=O)[C@@H]2CC(=O)N2CCC(O)CC2)c(OC)c1. The fourth-order valence-electron chi connectivity index (χ4n) is 3.78. The molecule has 0 unspecified atom stereocenters. The van der Waals surface area contributed by atoms with E-state index < -0.39 is 6.04 Å². The third-order valence-electron chi connectivity index (χ3n) is 5.49. The van der Waals surface area contributed by atoms with Crippen LogP contribution in [0.2, 0.25) is 0 Å². The molecular formula is C20H29N3O5. The Kier molecular flexibility index (Phi) is 6.74. The second kappa shape index (κ2) is 9.25. The number of hydrogen-bond acceptors (Lipinski definition) is 6. The van der Waals surface area contributed by atoms with Crippen LogP contribution in [-0.4, -0.2) is 79.3 Å². The number of carbonyl (C=O) groups is 2.